The van der Waals surface area contributed by atoms with Gasteiger partial charge in [0, 0.05) is 43.0 Å². The fourth-order valence-electron chi connectivity index (χ4n) is 3.66. The van der Waals surface area contributed by atoms with Crippen molar-refractivity contribution in [1.29, 1.82) is 0 Å². The molecule has 9 heteroatoms. The molecule has 0 bridgehead atoms. The van der Waals surface area contributed by atoms with Crippen molar-refractivity contribution < 1.29 is 8.42 Å². The largest absolute Gasteiger partial charge is 0.345 e. The smallest absolute Gasteiger partial charge is 0.244 e. The van der Waals surface area contributed by atoms with Crippen LogP contribution in [0.1, 0.15) is 22.4 Å². The van der Waals surface area contributed by atoms with Crippen LogP contribution in [0.4, 0.5) is 5.13 Å². The highest BCUT2D eigenvalue weighted by Gasteiger charge is 2.31. The van der Waals surface area contributed by atoms with E-state index in [1.165, 1.54) is 33.1 Å². The average molecular weight is 496 g/mol. The third kappa shape index (κ3) is 4.76. The van der Waals surface area contributed by atoms with Crippen molar-refractivity contribution in [3.8, 4) is 0 Å². The van der Waals surface area contributed by atoms with Gasteiger partial charge in [-0.3, -0.25) is 0 Å². The Hall–Kier alpha value is -1.64. The van der Waals surface area contributed by atoms with Crippen LogP contribution in [-0.2, 0) is 16.4 Å². The van der Waals surface area contributed by atoms with Gasteiger partial charge in [0.15, 0.2) is 5.13 Å². The van der Waals surface area contributed by atoms with Crippen LogP contribution in [0.15, 0.2) is 46.7 Å². The molecule has 1 saturated heterocycles. The first-order valence-corrected chi connectivity index (χ1v) is 13.0. The maximum Gasteiger partial charge on any atom is 0.244 e. The molecule has 0 amide bonds. The summed E-state index contributed by atoms with van der Waals surface area (Å²) in [6, 6.07) is 10.8. The van der Waals surface area contributed by atoms with Gasteiger partial charge in [-0.15, -0.1) is 11.3 Å². The number of piperazine rings is 1. The molecule has 1 fully saturated rings. The monoisotopic (exact) mass is 495 g/mol. The number of hydrogen-bond acceptors (Lipinski definition) is 5. The fraction of sp³-hybridized carbons (Fsp3) is 0.318. The van der Waals surface area contributed by atoms with E-state index in [4.69, 9.17) is 28.2 Å². The summed E-state index contributed by atoms with van der Waals surface area (Å²) in [5, 5.41) is 3.58. The molecule has 2 aromatic carbocycles. The average Bonchev–Trinajstić information content (AvgIpc) is 3.20. The lowest BCUT2D eigenvalue weighted by Crippen LogP contribution is -2.48. The van der Waals surface area contributed by atoms with Gasteiger partial charge in [0.05, 0.1) is 10.7 Å². The highest BCUT2D eigenvalue weighted by molar-refractivity contribution is 7.89. The molecule has 1 aliphatic heterocycles. The Morgan fingerprint density at radius 3 is 2.52 bits per heavy atom. The summed E-state index contributed by atoms with van der Waals surface area (Å²) in [5.41, 5.74) is 4.91. The first-order chi connectivity index (χ1) is 14.8. The van der Waals surface area contributed by atoms with E-state index in [0.29, 0.717) is 31.2 Å². The fourth-order valence-corrected chi connectivity index (χ4v) is 6.71. The van der Waals surface area contributed by atoms with Gasteiger partial charge in [0.2, 0.25) is 10.0 Å². The number of aromatic nitrogens is 1. The molecular formula is C22H23Cl2N3O2S2. The lowest BCUT2D eigenvalue weighted by molar-refractivity contribution is 0.384. The molecule has 5 nitrogen and oxygen atoms in total. The summed E-state index contributed by atoms with van der Waals surface area (Å²) >= 11 is 13.6. The quantitative estimate of drug-likeness (QED) is 0.489. The van der Waals surface area contributed by atoms with Gasteiger partial charge in [-0.25, -0.2) is 13.4 Å². The third-order valence-corrected chi connectivity index (χ3v) is 9.22. The van der Waals surface area contributed by atoms with Crippen molar-refractivity contribution in [1.82, 2.24) is 9.29 Å². The minimum Gasteiger partial charge on any atom is -0.345 e. The maximum atomic E-state index is 13.0. The van der Waals surface area contributed by atoms with Crippen molar-refractivity contribution in [2.45, 2.75) is 25.2 Å². The minimum atomic E-state index is -3.66. The van der Waals surface area contributed by atoms with E-state index in [1.807, 2.05) is 0 Å². The number of benzene rings is 2. The summed E-state index contributed by atoms with van der Waals surface area (Å²) in [6.07, 6.45) is 0.799. The highest BCUT2D eigenvalue weighted by atomic mass is 35.5. The van der Waals surface area contributed by atoms with E-state index in [0.717, 1.165) is 17.2 Å². The third-order valence-electron chi connectivity index (χ3n) is 5.65. The zero-order chi connectivity index (χ0) is 22.2. The van der Waals surface area contributed by atoms with Gasteiger partial charge in [-0.05, 0) is 48.7 Å². The Bertz CT molecular complexity index is 1200. The normalized spacial score (nSPS) is 15.4. The molecule has 0 unspecified atom stereocenters. The molecule has 1 aliphatic rings. The Kier molecular flexibility index (Phi) is 6.60. The van der Waals surface area contributed by atoms with Crippen molar-refractivity contribution in [2.75, 3.05) is 31.1 Å². The lowest BCUT2D eigenvalue weighted by atomic mass is 10.0. The van der Waals surface area contributed by atoms with Crippen LogP contribution in [0.3, 0.4) is 0 Å². The maximum absolute atomic E-state index is 13.0. The number of anilines is 1. The van der Waals surface area contributed by atoms with E-state index in [1.54, 1.807) is 17.4 Å². The predicted octanol–water partition coefficient (Wildman–Crippen LogP) is 5.17. The molecule has 3 aromatic rings. The second-order valence-electron chi connectivity index (χ2n) is 7.62. The summed E-state index contributed by atoms with van der Waals surface area (Å²) < 4.78 is 27.5. The highest BCUT2D eigenvalue weighted by Crippen LogP contribution is 2.30. The van der Waals surface area contributed by atoms with E-state index >= 15 is 0 Å². The number of nitrogens with zero attached hydrogens (tertiary/aromatic N) is 3. The number of hydrogen-bond donors (Lipinski definition) is 0. The molecule has 31 heavy (non-hydrogen) atoms. The van der Waals surface area contributed by atoms with Gasteiger partial charge in [0.25, 0.3) is 0 Å². The van der Waals surface area contributed by atoms with Gasteiger partial charge < -0.3 is 4.90 Å². The molecule has 0 N–H and O–H groups in total. The Morgan fingerprint density at radius 1 is 1.06 bits per heavy atom. The predicted molar refractivity (Wildman–Crippen MR) is 128 cm³/mol. The number of sulfonamides is 1. The SMILES string of the molecule is Cc1cccc(Cc2csc(N3CCN(S(=O)(=O)c4ccc(Cl)cc4Cl)CC3)n2)c1C. The van der Waals surface area contributed by atoms with Gasteiger partial charge in [-0.1, -0.05) is 41.4 Å². The van der Waals surface area contributed by atoms with Crippen molar-refractivity contribution >= 4 is 49.7 Å². The van der Waals surface area contributed by atoms with Gasteiger partial charge in [-0.2, -0.15) is 4.31 Å². The molecule has 0 saturated carbocycles. The summed E-state index contributed by atoms with van der Waals surface area (Å²) in [6.45, 7) is 6.20. The number of halogens is 2. The van der Waals surface area contributed by atoms with Gasteiger partial charge in [0.1, 0.15) is 4.90 Å². The second-order valence-corrected chi connectivity index (χ2v) is 11.2. The molecule has 4 rings (SSSR count). The number of aryl methyl sites for hydroxylation is 1. The van der Waals surface area contributed by atoms with Crippen LogP contribution < -0.4 is 4.90 Å². The summed E-state index contributed by atoms with van der Waals surface area (Å²) in [7, 11) is -3.66. The standard InChI is InChI=1S/C22H23Cl2N3O2S2/c1-15-4-3-5-17(16(15)2)12-19-14-30-22(25-19)26-8-10-27(11-9-26)31(28,29)21-7-6-18(23)13-20(21)24/h3-7,13-14H,8-12H2,1-2H3. The molecule has 2 heterocycles. The zero-order valence-electron chi connectivity index (χ0n) is 17.3. The van der Waals surface area contributed by atoms with Crippen LogP contribution in [0, 0.1) is 13.8 Å². The molecule has 164 valence electrons. The molecule has 0 aliphatic carbocycles. The minimum absolute atomic E-state index is 0.0945. The van der Waals surface area contributed by atoms with E-state index < -0.39 is 10.0 Å². The van der Waals surface area contributed by atoms with Gasteiger partial charge >= 0.3 is 0 Å². The molecule has 0 spiro atoms. The number of rotatable bonds is 5. The van der Waals surface area contributed by atoms with Crippen LogP contribution in [0.25, 0.3) is 0 Å². The number of thiazole rings is 1. The second kappa shape index (κ2) is 9.08. The first kappa shape index (κ1) is 22.6. The van der Waals surface area contributed by atoms with Crippen molar-refractivity contribution in [2.24, 2.45) is 0 Å². The first-order valence-electron chi connectivity index (χ1n) is 9.95. The molecule has 0 radical (unpaired) electrons. The summed E-state index contributed by atoms with van der Waals surface area (Å²) in [4.78, 5) is 7.05. The van der Waals surface area contributed by atoms with Crippen LogP contribution >= 0.6 is 34.5 Å². The topological polar surface area (TPSA) is 53.5 Å². The zero-order valence-corrected chi connectivity index (χ0v) is 20.5. The van der Waals surface area contributed by atoms with Crippen LogP contribution in [-0.4, -0.2) is 43.9 Å². The Morgan fingerprint density at radius 2 is 1.81 bits per heavy atom. The van der Waals surface area contributed by atoms with E-state index in [-0.39, 0.29) is 9.92 Å². The van der Waals surface area contributed by atoms with Crippen LogP contribution in [0.2, 0.25) is 10.0 Å². The molecular weight excluding hydrogens is 473 g/mol. The Balaban J connectivity index is 1.43. The van der Waals surface area contributed by atoms with E-state index in [2.05, 4.69) is 42.3 Å². The Labute approximate surface area is 197 Å². The van der Waals surface area contributed by atoms with Crippen LogP contribution in [0.5, 0.6) is 0 Å². The van der Waals surface area contributed by atoms with Crippen molar-refractivity contribution in [3.05, 3.63) is 74.2 Å². The molecule has 1 aromatic heterocycles. The molecule has 0 atom stereocenters. The van der Waals surface area contributed by atoms with E-state index in [9.17, 15) is 8.42 Å². The lowest BCUT2D eigenvalue weighted by Gasteiger charge is -2.33. The summed E-state index contributed by atoms with van der Waals surface area (Å²) in [5.74, 6) is 0. The van der Waals surface area contributed by atoms with Crippen molar-refractivity contribution in [3.63, 3.8) is 0 Å².